The molecule has 3 N–H and O–H groups in total. The van der Waals surface area contributed by atoms with Gasteiger partial charge in [0.1, 0.15) is 11.4 Å². The molecule has 2 aromatic heterocycles. The van der Waals surface area contributed by atoms with Gasteiger partial charge in [-0.3, -0.25) is 9.89 Å². The molecule has 2 aromatic carbocycles. The molecule has 8 nitrogen and oxygen atoms in total. The van der Waals surface area contributed by atoms with E-state index in [1.54, 1.807) is 18.5 Å². The molecule has 0 aliphatic heterocycles. The number of benzene rings is 2. The molecular formula is C21H18ClF2N5O3. The third kappa shape index (κ3) is 4.35. The average Bonchev–Trinajstić information content (AvgIpc) is 3.33. The molecule has 0 saturated carbocycles. The standard InChI is InChI=1S/C21H18ClF2N5O3/c1-11(2)29-10-25-16-8-12(7-15(19(16)29)18-17(30)9-26-28-18)20(31)27-13-3-5-14(6-4-13)32-21(22,23)24/h3-11,30H,1-2H3,(H,26,28)(H,27,31). The summed E-state index contributed by atoms with van der Waals surface area (Å²) in [6.07, 6.45) is 2.94. The number of halogens is 3. The van der Waals surface area contributed by atoms with Crippen LogP contribution in [0.15, 0.2) is 48.9 Å². The number of aromatic hydroxyl groups is 1. The smallest absolute Gasteiger partial charge is 0.487 e. The lowest BCUT2D eigenvalue weighted by Gasteiger charge is -2.13. The Hall–Kier alpha value is -3.66. The summed E-state index contributed by atoms with van der Waals surface area (Å²) in [4.78, 5) is 17.3. The maximum atomic E-state index is 12.9. The molecule has 0 saturated heterocycles. The number of aromatic nitrogens is 4. The number of hydrogen-bond acceptors (Lipinski definition) is 5. The van der Waals surface area contributed by atoms with Crippen molar-refractivity contribution in [3.05, 3.63) is 54.5 Å². The Balaban J connectivity index is 1.69. The van der Waals surface area contributed by atoms with E-state index in [0.29, 0.717) is 22.5 Å². The van der Waals surface area contributed by atoms with Gasteiger partial charge >= 0.3 is 5.57 Å². The monoisotopic (exact) mass is 461 g/mol. The highest BCUT2D eigenvalue weighted by atomic mass is 35.5. The Labute approximate surface area is 185 Å². The number of ether oxygens (including phenoxy) is 1. The van der Waals surface area contributed by atoms with Gasteiger partial charge in [-0.1, -0.05) is 0 Å². The van der Waals surface area contributed by atoms with Crippen LogP contribution in [-0.4, -0.2) is 36.3 Å². The maximum absolute atomic E-state index is 12.9. The predicted molar refractivity (Wildman–Crippen MR) is 115 cm³/mol. The number of H-pyrrole nitrogens is 1. The number of carbonyl (C=O) groups excluding carboxylic acids is 1. The van der Waals surface area contributed by atoms with Crippen molar-refractivity contribution in [2.45, 2.75) is 25.5 Å². The number of alkyl halides is 3. The van der Waals surface area contributed by atoms with Crippen LogP contribution in [0, 0.1) is 0 Å². The zero-order chi connectivity index (χ0) is 23.0. The second-order valence-corrected chi connectivity index (χ2v) is 7.73. The van der Waals surface area contributed by atoms with Crippen LogP contribution in [-0.2, 0) is 0 Å². The van der Waals surface area contributed by atoms with Crippen LogP contribution >= 0.6 is 11.6 Å². The topological polar surface area (TPSA) is 105 Å². The molecule has 11 heteroatoms. The minimum absolute atomic E-state index is 0.0629. The van der Waals surface area contributed by atoms with Crippen LogP contribution in [0.2, 0.25) is 0 Å². The number of nitrogens with zero attached hydrogens (tertiary/aromatic N) is 3. The number of hydrogen-bond donors (Lipinski definition) is 3. The fraction of sp³-hybridized carbons (Fsp3) is 0.190. The van der Waals surface area contributed by atoms with Crippen molar-refractivity contribution >= 4 is 34.2 Å². The lowest BCUT2D eigenvalue weighted by molar-refractivity contribution is -0.0964. The summed E-state index contributed by atoms with van der Waals surface area (Å²) < 4.78 is 31.7. The Morgan fingerprint density at radius 2 is 2.00 bits per heavy atom. The van der Waals surface area contributed by atoms with Crippen molar-refractivity contribution in [1.82, 2.24) is 19.7 Å². The van der Waals surface area contributed by atoms with Gasteiger partial charge in [0.05, 0.1) is 23.6 Å². The third-order valence-electron chi connectivity index (χ3n) is 4.72. The SMILES string of the molecule is CC(C)n1cnc2cc(C(=O)Nc3ccc(OC(F)(F)Cl)cc3)cc(-c3[nH]ncc3O)c21. The van der Waals surface area contributed by atoms with Crippen molar-refractivity contribution < 1.29 is 23.4 Å². The molecular weight excluding hydrogens is 444 g/mol. The van der Waals surface area contributed by atoms with E-state index in [0.717, 1.165) is 5.52 Å². The first kappa shape index (κ1) is 21.6. The molecule has 0 aliphatic rings. The number of amides is 1. The zero-order valence-corrected chi connectivity index (χ0v) is 17.7. The first-order chi connectivity index (χ1) is 15.1. The Morgan fingerprint density at radius 1 is 1.28 bits per heavy atom. The highest BCUT2D eigenvalue weighted by Crippen LogP contribution is 2.35. The first-order valence-electron chi connectivity index (χ1n) is 9.53. The Morgan fingerprint density at radius 3 is 2.59 bits per heavy atom. The van der Waals surface area contributed by atoms with Gasteiger partial charge in [-0.2, -0.15) is 5.10 Å². The number of anilines is 1. The summed E-state index contributed by atoms with van der Waals surface area (Å²) >= 11 is 4.75. The molecule has 0 fully saturated rings. The number of carbonyl (C=O) groups is 1. The number of aromatic amines is 1. The average molecular weight is 462 g/mol. The number of fused-ring (bicyclic) bond motifs is 1. The zero-order valence-electron chi connectivity index (χ0n) is 16.9. The summed E-state index contributed by atoms with van der Waals surface area (Å²) in [6.45, 7) is 3.98. The van der Waals surface area contributed by atoms with E-state index in [9.17, 15) is 18.7 Å². The molecule has 166 valence electrons. The van der Waals surface area contributed by atoms with Crippen LogP contribution in [0.3, 0.4) is 0 Å². The van der Waals surface area contributed by atoms with Gasteiger partial charge in [0.15, 0.2) is 5.75 Å². The molecule has 1 amide bonds. The summed E-state index contributed by atoms with van der Waals surface area (Å²) in [5, 5.41) is 19.5. The van der Waals surface area contributed by atoms with Gasteiger partial charge in [0.2, 0.25) is 0 Å². The van der Waals surface area contributed by atoms with Gasteiger partial charge in [0.25, 0.3) is 5.91 Å². The summed E-state index contributed by atoms with van der Waals surface area (Å²) in [5.41, 5.74) is -0.976. The molecule has 4 aromatic rings. The molecule has 0 radical (unpaired) electrons. The van der Waals surface area contributed by atoms with E-state index < -0.39 is 11.5 Å². The van der Waals surface area contributed by atoms with Gasteiger partial charge < -0.3 is 19.7 Å². The van der Waals surface area contributed by atoms with Crippen LogP contribution in [0.4, 0.5) is 14.5 Å². The van der Waals surface area contributed by atoms with Crippen molar-refractivity contribution in [3.8, 4) is 22.8 Å². The van der Waals surface area contributed by atoms with Crippen LogP contribution in [0.1, 0.15) is 30.2 Å². The van der Waals surface area contributed by atoms with Crippen LogP contribution in [0.5, 0.6) is 11.5 Å². The third-order valence-corrected chi connectivity index (χ3v) is 4.80. The maximum Gasteiger partial charge on any atom is 0.487 e. The molecule has 2 heterocycles. The lowest BCUT2D eigenvalue weighted by atomic mass is 10.0. The molecule has 0 aliphatic carbocycles. The van der Waals surface area contributed by atoms with E-state index in [1.807, 2.05) is 18.4 Å². The summed E-state index contributed by atoms with van der Waals surface area (Å²) in [5.74, 6) is -0.671. The Kier molecular flexibility index (Phi) is 5.47. The van der Waals surface area contributed by atoms with Crippen LogP contribution in [0.25, 0.3) is 22.3 Å². The van der Waals surface area contributed by atoms with E-state index in [2.05, 4.69) is 25.2 Å². The second kappa shape index (κ2) is 8.12. The minimum atomic E-state index is -3.83. The second-order valence-electron chi connectivity index (χ2n) is 7.29. The molecule has 32 heavy (non-hydrogen) atoms. The molecule has 0 unspecified atom stereocenters. The predicted octanol–water partition coefficient (Wildman–Crippen LogP) is 5.13. The van der Waals surface area contributed by atoms with Gasteiger partial charge in [-0.25, -0.2) is 4.98 Å². The molecule has 0 bridgehead atoms. The lowest BCUT2D eigenvalue weighted by Crippen LogP contribution is -2.16. The number of nitrogens with one attached hydrogen (secondary N) is 2. The summed E-state index contributed by atoms with van der Waals surface area (Å²) in [7, 11) is 0. The quantitative estimate of drug-likeness (QED) is 0.345. The minimum Gasteiger partial charge on any atom is -0.504 e. The fourth-order valence-electron chi connectivity index (χ4n) is 3.31. The van der Waals surface area contributed by atoms with E-state index >= 15 is 0 Å². The number of rotatable bonds is 6. The van der Waals surface area contributed by atoms with E-state index in [4.69, 9.17) is 11.6 Å². The van der Waals surface area contributed by atoms with Crippen molar-refractivity contribution in [3.63, 3.8) is 0 Å². The largest absolute Gasteiger partial charge is 0.504 e. The molecule has 0 atom stereocenters. The molecule has 0 spiro atoms. The van der Waals surface area contributed by atoms with E-state index in [-0.39, 0.29) is 23.1 Å². The summed E-state index contributed by atoms with van der Waals surface area (Å²) in [6, 6.07) is 8.67. The van der Waals surface area contributed by atoms with Crippen molar-refractivity contribution in [2.24, 2.45) is 0 Å². The number of imidazole rings is 1. The molecule has 4 rings (SSSR count). The highest BCUT2D eigenvalue weighted by molar-refractivity contribution is 6.20. The van der Waals surface area contributed by atoms with Gasteiger partial charge in [0, 0.05) is 34.5 Å². The van der Waals surface area contributed by atoms with E-state index in [1.165, 1.54) is 30.5 Å². The fourth-order valence-corrected chi connectivity index (χ4v) is 3.39. The van der Waals surface area contributed by atoms with Crippen LogP contribution < -0.4 is 10.1 Å². The Bertz CT molecular complexity index is 1280. The normalized spacial score (nSPS) is 11.8. The first-order valence-corrected chi connectivity index (χ1v) is 9.90. The van der Waals surface area contributed by atoms with Gasteiger partial charge in [-0.05, 0) is 50.2 Å². The van der Waals surface area contributed by atoms with Crippen molar-refractivity contribution in [2.75, 3.05) is 5.32 Å². The highest BCUT2D eigenvalue weighted by Gasteiger charge is 2.27. The van der Waals surface area contributed by atoms with Crippen molar-refractivity contribution in [1.29, 1.82) is 0 Å². The van der Waals surface area contributed by atoms with Gasteiger partial charge in [-0.15, -0.1) is 8.78 Å².